The van der Waals surface area contributed by atoms with E-state index in [9.17, 15) is 14.7 Å². The third-order valence-electron chi connectivity index (χ3n) is 6.42. The molecule has 4 nitrogen and oxygen atoms in total. The maximum atomic E-state index is 13.6. The summed E-state index contributed by atoms with van der Waals surface area (Å²) >= 11 is 0. The number of anilines is 1. The fourth-order valence-electron chi connectivity index (χ4n) is 4.59. The van der Waals surface area contributed by atoms with Crippen LogP contribution >= 0.6 is 0 Å². The summed E-state index contributed by atoms with van der Waals surface area (Å²) in [5.41, 5.74) is 4.72. The zero-order valence-electron chi connectivity index (χ0n) is 18.2. The van der Waals surface area contributed by atoms with Crippen LogP contribution in [0.25, 0.3) is 0 Å². The molecule has 0 unspecified atom stereocenters. The van der Waals surface area contributed by atoms with Crippen molar-refractivity contribution < 1.29 is 14.7 Å². The number of amides is 1. The Morgan fingerprint density at radius 2 is 1.25 bits per heavy atom. The second-order valence-corrected chi connectivity index (χ2v) is 8.44. The number of hydrogen-bond acceptors (Lipinski definition) is 2. The molecule has 0 heterocycles. The summed E-state index contributed by atoms with van der Waals surface area (Å²) in [6.07, 6.45) is 3.95. The van der Waals surface area contributed by atoms with Crippen molar-refractivity contribution in [3.8, 4) is 0 Å². The van der Waals surface area contributed by atoms with Gasteiger partial charge in [-0.1, -0.05) is 78.9 Å². The fraction of sp³-hybridized carbons (Fsp3) is 0.214. The summed E-state index contributed by atoms with van der Waals surface area (Å²) in [6.45, 7) is 4.01. The SMILES string of the molecule is Cc1ccc(NC(=O)[C@H]2[C@@H](C(=O)O)[C@@H](c3ccccc3)C=C[C@H]2c2ccccc2)cc1C. The van der Waals surface area contributed by atoms with Gasteiger partial charge in [0, 0.05) is 17.5 Å². The number of rotatable bonds is 5. The average molecular weight is 426 g/mol. The van der Waals surface area contributed by atoms with E-state index in [1.54, 1.807) is 0 Å². The van der Waals surface area contributed by atoms with Gasteiger partial charge in [0.2, 0.25) is 5.91 Å². The Labute approximate surface area is 188 Å². The summed E-state index contributed by atoms with van der Waals surface area (Å²) in [5, 5.41) is 13.3. The topological polar surface area (TPSA) is 66.4 Å². The van der Waals surface area contributed by atoms with Gasteiger partial charge in [0.1, 0.15) is 0 Å². The molecule has 0 saturated carbocycles. The first-order chi connectivity index (χ1) is 15.5. The van der Waals surface area contributed by atoms with E-state index in [2.05, 4.69) is 5.32 Å². The fourth-order valence-corrected chi connectivity index (χ4v) is 4.59. The van der Waals surface area contributed by atoms with E-state index < -0.39 is 17.8 Å². The smallest absolute Gasteiger partial charge is 0.308 e. The zero-order chi connectivity index (χ0) is 22.7. The Hall–Kier alpha value is -3.66. The molecule has 32 heavy (non-hydrogen) atoms. The predicted molar refractivity (Wildman–Crippen MR) is 127 cm³/mol. The van der Waals surface area contributed by atoms with E-state index in [1.165, 1.54) is 0 Å². The van der Waals surface area contributed by atoms with Crippen LogP contribution in [0.2, 0.25) is 0 Å². The number of allylic oxidation sites excluding steroid dienone is 2. The number of carboxylic acid groups (broad SMARTS) is 1. The molecule has 1 amide bonds. The number of hydrogen-bond donors (Lipinski definition) is 2. The third kappa shape index (κ3) is 4.35. The lowest BCUT2D eigenvalue weighted by molar-refractivity contribution is -0.147. The predicted octanol–water partition coefficient (Wildman–Crippen LogP) is 5.70. The molecule has 0 radical (unpaired) electrons. The van der Waals surface area contributed by atoms with Crippen LogP contribution in [-0.4, -0.2) is 17.0 Å². The molecule has 0 spiro atoms. The van der Waals surface area contributed by atoms with Crippen molar-refractivity contribution in [1.82, 2.24) is 0 Å². The molecule has 4 atom stereocenters. The molecule has 2 N–H and O–H groups in total. The minimum atomic E-state index is -0.968. The van der Waals surface area contributed by atoms with Crippen molar-refractivity contribution in [3.05, 3.63) is 113 Å². The summed E-state index contributed by atoms with van der Waals surface area (Å²) in [7, 11) is 0. The van der Waals surface area contributed by atoms with Crippen LogP contribution in [0.1, 0.15) is 34.1 Å². The van der Waals surface area contributed by atoms with Gasteiger partial charge in [-0.15, -0.1) is 0 Å². The lowest BCUT2D eigenvalue weighted by Crippen LogP contribution is -2.42. The van der Waals surface area contributed by atoms with Crippen LogP contribution < -0.4 is 5.32 Å². The first-order valence-corrected chi connectivity index (χ1v) is 10.8. The van der Waals surface area contributed by atoms with Gasteiger partial charge in [-0.3, -0.25) is 9.59 Å². The summed E-state index contributed by atoms with van der Waals surface area (Å²) in [5.74, 6) is -3.61. The molecule has 0 bridgehead atoms. The van der Waals surface area contributed by atoms with Gasteiger partial charge < -0.3 is 10.4 Å². The molecule has 3 aromatic rings. The van der Waals surface area contributed by atoms with E-state index >= 15 is 0 Å². The van der Waals surface area contributed by atoms with Crippen LogP contribution in [0, 0.1) is 25.7 Å². The molecule has 3 aromatic carbocycles. The lowest BCUT2D eigenvalue weighted by Gasteiger charge is -2.37. The Morgan fingerprint density at radius 1 is 0.719 bits per heavy atom. The monoisotopic (exact) mass is 425 g/mol. The van der Waals surface area contributed by atoms with Gasteiger partial charge in [0.25, 0.3) is 0 Å². The highest BCUT2D eigenvalue weighted by atomic mass is 16.4. The van der Waals surface area contributed by atoms with Crippen LogP contribution in [0.4, 0.5) is 5.69 Å². The maximum absolute atomic E-state index is 13.6. The number of carbonyl (C=O) groups excluding carboxylic acids is 1. The molecule has 0 aliphatic heterocycles. The summed E-state index contributed by atoms with van der Waals surface area (Å²) in [4.78, 5) is 26.2. The minimum Gasteiger partial charge on any atom is -0.481 e. The number of carbonyl (C=O) groups is 2. The highest BCUT2D eigenvalue weighted by Gasteiger charge is 2.46. The highest BCUT2D eigenvalue weighted by Crippen LogP contribution is 2.45. The second kappa shape index (κ2) is 9.23. The van der Waals surface area contributed by atoms with Gasteiger partial charge in [0.15, 0.2) is 0 Å². The van der Waals surface area contributed by atoms with Gasteiger partial charge in [-0.05, 0) is 48.2 Å². The van der Waals surface area contributed by atoms with Crippen LogP contribution in [0.5, 0.6) is 0 Å². The van der Waals surface area contributed by atoms with Crippen LogP contribution in [0.15, 0.2) is 91.0 Å². The van der Waals surface area contributed by atoms with E-state index in [0.29, 0.717) is 5.69 Å². The molecule has 0 fully saturated rings. The van der Waals surface area contributed by atoms with E-state index in [-0.39, 0.29) is 17.7 Å². The number of carboxylic acids is 1. The van der Waals surface area contributed by atoms with E-state index in [0.717, 1.165) is 22.3 Å². The van der Waals surface area contributed by atoms with Gasteiger partial charge in [0.05, 0.1) is 11.8 Å². The second-order valence-electron chi connectivity index (χ2n) is 8.44. The highest BCUT2D eigenvalue weighted by molar-refractivity contribution is 5.96. The molecule has 4 rings (SSSR count). The van der Waals surface area contributed by atoms with E-state index in [1.807, 2.05) is 105 Å². The summed E-state index contributed by atoms with van der Waals surface area (Å²) < 4.78 is 0. The third-order valence-corrected chi connectivity index (χ3v) is 6.42. The molecular formula is C28H27NO3. The molecule has 0 aromatic heterocycles. The molecule has 162 valence electrons. The zero-order valence-corrected chi connectivity index (χ0v) is 18.2. The first kappa shape index (κ1) is 21.6. The van der Waals surface area contributed by atoms with Crippen molar-refractivity contribution in [2.45, 2.75) is 25.7 Å². The summed E-state index contributed by atoms with van der Waals surface area (Å²) in [6, 6.07) is 24.9. The lowest BCUT2D eigenvalue weighted by atomic mass is 9.66. The molecule has 0 saturated heterocycles. The molecule has 1 aliphatic rings. The van der Waals surface area contributed by atoms with Crippen molar-refractivity contribution in [1.29, 1.82) is 0 Å². The Balaban J connectivity index is 1.77. The van der Waals surface area contributed by atoms with Gasteiger partial charge in [-0.25, -0.2) is 0 Å². The van der Waals surface area contributed by atoms with E-state index in [4.69, 9.17) is 0 Å². The Morgan fingerprint density at radius 3 is 1.75 bits per heavy atom. The standard InChI is InChI=1S/C28H27NO3/c1-18-13-14-22(17-19(18)2)29-27(30)25-23(20-9-5-3-6-10-20)15-16-24(26(25)28(31)32)21-11-7-4-8-12-21/h3-17,23-26H,1-2H3,(H,29,30)(H,31,32)/t23-,24+,25+,26-/m0/s1. The van der Waals surface area contributed by atoms with Crippen LogP contribution in [-0.2, 0) is 9.59 Å². The Kier molecular flexibility index (Phi) is 6.22. The van der Waals surface area contributed by atoms with Crippen molar-refractivity contribution in [2.75, 3.05) is 5.32 Å². The first-order valence-electron chi connectivity index (χ1n) is 10.8. The largest absolute Gasteiger partial charge is 0.481 e. The average Bonchev–Trinajstić information content (AvgIpc) is 2.81. The molecular weight excluding hydrogens is 398 g/mol. The molecule has 4 heteroatoms. The van der Waals surface area contributed by atoms with Crippen molar-refractivity contribution in [2.24, 2.45) is 11.8 Å². The number of nitrogens with one attached hydrogen (secondary N) is 1. The minimum absolute atomic E-state index is 0.278. The molecule has 1 aliphatic carbocycles. The van der Waals surface area contributed by atoms with Gasteiger partial charge >= 0.3 is 5.97 Å². The van der Waals surface area contributed by atoms with Crippen molar-refractivity contribution in [3.63, 3.8) is 0 Å². The number of aryl methyl sites for hydroxylation is 2. The quantitative estimate of drug-likeness (QED) is 0.516. The normalized spacial score (nSPS) is 22.3. The van der Waals surface area contributed by atoms with Crippen LogP contribution in [0.3, 0.4) is 0 Å². The number of benzene rings is 3. The maximum Gasteiger partial charge on any atom is 0.308 e. The number of aliphatic carboxylic acids is 1. The van der Waals surface area contributed by atoms with Gasteiger partial charge in [-0.2, -0.15) is 0 Å². The Bertz CT molecular complexity index is 1140. The van der Waals surface area contributed by atoms with Crippen molar-refractivity contribution >= 4 is 17.6 Å².